The van der Waals surface area contributed by atoms with Crippen LogP contribution in [0.5, 0.6) is 0 Å². The molecular formula is C23H30N2O3. The van der Waals surface area contributed by atoms with Crippen LogP contribution in [0.2, 0.25) is 0 Å². The average Bonchev–Trinajstić information content (AvgIpc) is 2.69. The largest absolute Gasteiger partial charge is 0.396 e. The number of amides is 1. The van der Waals surface area contributed by atoms with E-state index < -0.39 is 0 Å². The van der Waals surface area contributed by atoms with Gasteiger partial charge < -0.3 is 15.0 Å². The number of aryl methyl sites for hydroxylation is 1. The number of fused-ring (bicyclic) bond motifs is 1. The second kappa shape index (κ2) is 10.2. The number of pyridine rings is 1. The Morgan fingerprint density at radius 2 is 1.82 bits per heavy atom. The lowest BCUT2D eigenvalue weighted by Gasteiger charge is -2.21. The molecule has 3 rings (SSSR count). The van der Waals surface area contributed by atoms with Crippen LogP contribution < -0.4 is 10.9 Å². The normalized spacial score (nSPS) is 14.0. The predicted molar refractivity (Wildman–Crippen MR) is 111 cm³/mol. The molecule has 1 aliphatic carbocycles. The van der Waals surface area contributed by atoms with E-state index in [0.717, 1.165) is 48.9 Å². The molecule has 150 valence electrons. The third-order valence-electron chi connectivity index (χ3n) is 5.43. The Kier molecular flexibility index (Phi) is 7.43. The molecule has 1 amide bonds. The third kappa shape index (κ3) is 5.10. The second-order valence-corrected chi connectivity index (χ2v) is 7.47. The minimum Gasteiger partial charge on any atom is -0.396 e. The van der Waals surface area contributed by atoms with Gasteiger partial charge in [-0.15, -0.1) is 0 Å². The van der Waals surface area contributed by atoms with E-state index in [9.17, 15) is 14.7 Å². The Bertz CT molecular complexity index is 843. The summed E-state index contributed by atoms with van der Waals surface area (Å²) in [6.07, 6.45) is 7.53. The number of carbonyl (C=O) groups is 1. The van der Waals surface area contributed by atoms with E-state index in [2.05, 4.69) is 5.32 Å². The Balaban J connectivity index is 1.81. The first-order valence-corrected chi connectivity index (χ1v) is 10.4. The van der Waals surface area contributed by atoms with Gasteiger partial charge in [0, 0.05) is 25.4 Å². The summed E-state index contributed by atoms with van der Waals surface area (Å²) in [5, 5.41) is 12.1. The fraction of sp³-hybridized carbons (Fsp3) is 0.478. The van der Waals surface area contributed by atoms with Gasteiger partial charge in [-0.3, -0.25) is 9.59 Å². The lowest BCUT2D eigenvalue weighted by atomic mass is 9.95. The fourth-order valence-corrected chi connectivity index (χ4v) is 3.92. The third-order valence-corrected chi connectivity index (χ3v) is 5.43. The Labute approximate surface area is 166 Å². The molecule has 0 aliphatic heterocycles. The van der Waals surface area contributed by atoms with Crippen molar-refractivity contribution in [1.82, 2.24) is 9.88 Å². The maximum atomic E-state index is 13.0. The molecule has 2 N–H and O–H groups in total. The van der Waals surface area contributed by atoms with E-state index in [1.54, 1.807) is 4.57 Å². The molecule has 0 fully saturated rings. The molecular weight excluding hydrogens is 352 g/mol. The first kappa shape index (κ1) is 20.3. The van der Waals surface area contributed by atoms with Gasteiger partial charge in [-0.25, -0.2) is 0 Å². The predicted octanol–water partition coefficient (Wildman–Crippen LogP) is 2.86. The molecule has 1 heterocycles. The minimum atomic E-state index is -0.302. The monoisotopic (exact) mass is 382 g/mol. The highest BCUT2D eigenvalue weighted by Crippen LogP contribution is 2.20. The number of nitrogens with zero attached hydrogens (tertiary/aromatic N) is 1. The Morgan fingerprint density at radius 3 is 2.57 bits per heavy atom. The van der Waals surface area contributed by atoms with Crippen molar-refractivity contribution in [3.8, 4) is 0 Å². The van der Waals surface area contributed by atoms with Crippen LogP contribution >= 0.6 is 0 Å². The van der Waals surface area contributed by atoms with Crippen molar-refractivity contribution in [2.24, 2.45) is 0 Å². The summed E-state index contributed by atoms with van der Waals surface area (Å²) in [5.41, 5.74) is 3.32. The first-order chi connectivity index (χ1) is 13.7. The molecule has 5 nitrogen and oxygen atoms in total. The number of aliphatic hydroxyl groups excluding tert-OH is 1. The summed E-state index contributed by atoms with van der Waals surface area (Å²) in [5.74, 6) is -0.302. The van der Waals surface area contributed by atoms with Gasteiger partial charge in [0.25, 0.3) is 11.5 Å². The van der Waals surface area contributed by atoms with Crippen molar-refractivity contribution >= 4 is 5.91 Å². The van der Waals surface area contributed by atoms with Crippen molar-refractivity contribution in [3.63, 3.8) is 0 Å². The topological polar surface area (TPSA) is 71.3 Å². The van der Waals surface area contributed by atoms with E-state index in [0.29, 0.717) is 19.5 Å². The maximum absolute atomic E-state index is 13.0. The number of hydrogen-bond donors (Lipinski definition) is 2. The van der Waals surface area contributed by atoms with Crippen molar-refractivity contribution in [2.45, 2.75) is 57.9 Å². The molecule has 1 aromatic heterocycles. The number of carbonyl (C=O) groups excluding carboxylic acids is 1. The van der Waals surface area contributed by atoms with Crippen LogP contribution in [-0.4, -0.2) is 28.7 Å². The maximum Gasteiger partial charge on any atom is 0.263 e. The molecule has 1 aromatic carbocycles. The second-order valence-electron chi connectivity index (χ2n) is 7.47. The van der Waals surface area contributed by atoms with Crippen LogP contribution in [0.25, 0.3) is 0 Å². The summed E-state index contributed by atoms with van der Waals surface area (Å²) in [6.45, 7) is 0.994. The molecule has 0 saturated carbocycles. The van der Waals surface area contributed by atoms with E-state index in [1.165, 1.54) is 12.8 Å². The van der Waals surface area contributed by atoms with E-state index >= 15 is 0 Å². The van der Waals surface area contributed by atoms with Crippen LogP contribution in [0.3, 0.4) is 0 Å². The SMILES string of the molecule is O=C(NCCc1ccccc1)c1cc2c(n(CCCO)c1=O)CCCCCC2. The summed E-state index contributed by atoms with van der Waals surface area (Å²) in [4.78, 5) is 25.8. The van der Waals surface area contributed by atoms with Gasteiger partial charge in [0.05, 0.1) is 0 Å². The molecule has 0 atom stereocenters. The zero-order chi connectivity index (χ0) is 19.8. The van der Waals surface area contributed by atoms with Crippen LogP contribution in [0.1, 0.15) is 59.3 Å². The van der Waals surface area contributed by atoms with Gasteiger partial charge in [-0.1, -0.05) is 43.2 Å². The van der Waals surface area contributed by atoms with Crippen molar-refractivity contribution < 1.29 is 9.90 Å². The Hall–Kier alpha value is -2.40. The molecule has 1 aliphatic rings. The molecule has 0 radical (unpaired) electrons. The van der Waals surface area contributed by atoms with E-state index in [-0.39, 0.29) is 23.6 Å². The molecule has 0 unspecified atom stereocenters. The summed E-state index contributed by atoms with van der Waals surface area (Å²) < 4.78 is 1.74. The molecule has 0 bridgehead atoms. The van der Waals surface area contributed by atoms with Crippen molar-refractivity contribution in [1.29, 1.82) is 0 Å². The summed E-state index contributed by atoms with van der Waals surface area (Å²) in [6, 6.07) is 11.8. The summed E-state index contributed by atoms with van der Waals surface area (Å²) >= 11 is 0. The van der Waals surface area contributed by atoms with Crippen LogP contribution in [0.4, 0.5) is 0 Å². The molecule has 0 spiro atoms. The standard InChI is InChI=1S/C23H30N2O3/c26-16-8-15-25-21-12-7-2-1-6-11-19(21)17-20(23(25)28)22(27)24-14-13-18-9-4-3-5-10-18/h3-5,9-10,17,26H,1-2,6-8,11-16H2,(H,24,27). The lowest BCUT2D eigenvalue weighted by Crippen LogP contribution is -2.36. The minimum absolute atomic E-state index is 0.0364. The zero-order valence-corrected chi connectivity index (χ0v) is 16.5. The van der Waals surface area contributed by atoms with Gasteiger partial charge >= 0.3 is 0 Å². The number of nitrogens with one attached hydrogen (secondary N) is 1. The number of aliphatic hydroxyl groups is 1. The van der Waals surface area contributed by atoms with Crippen LogP contribution in [0.15, 0.2) is 41.2 Å². The lowest BCUT2D eigenvalue weighted by molar-refractivity contribution is 0.0951. The highest BCUT2D eigenvalue weighted by molar-refractivity contribution is 5.94. The highest BCUT2D eigenvalue weighted by atomic mass is 16.3. The van der Waals surface area contributed by atoms with Crippen LogP contribution in [0, 0.1) is 0 Å². The zero-order valence-electron chi connectivity index (χ0n) is 16.5. The number of rotatable bonds is 7. The van der Waals surface area contributed by atoms with Gasteiger partial charge in [0.2, 0.25) is 0 Å². The fourth-order valence-electron chi connectivity index (χ4n) is 3.92. The van der Waals surface area contributed by atoms with Crippen molar-refractivity contribution in [2.75, 3.05) is 13.2 Å². The molecule has 5 heteroatoms. The first-order valence-electron chi connectivity index (χ1n) is 10.4. The van der Waals surface area contributed by atoms with E-state index in [1.807, 2.05) is 36.4 Å². The smallest absolute Gasteiger partial charge is 0.263 e. The molecule has 0 saturated heterocycles. The van der Waals surface area contributed by atoms with Gasteiger partial charge in [-0.2, -0.15) is 0 Å². The van der Waals surface area contributed by atoms with Gasteiger partial charge in [0.1, 0.15) is 5.56 Å². The molecule has 2 aromatic rings. The summed E-state index contributed by atoms with van der Waals surface area (Å²) in [7, 11) is 0. The highest BCUT2D eigenvalue weighted by Gasteiger charge is 2.19. The van der Waals surface area contributed by atoms with Gasteiger partial charge in [-0.05, 0) is 55.7 Å². The van der Waals surface area contributed by atoms with Gasteiger partial charge in [0.15, 0.2) is 0 Å². The number of hydrogen-bond acceptors (Lipinski definition) is 3. The van der Waals surface area contributed by atoms with Crippen molar-refractivity contribution in [3.05, 3.63) is 69.1 Å². The Morgan fingerprint density at radius 1 is 1.07 bits per heavy atom. The molecule has 28 heavy (non-hydrogen) atoms. The average molecular weight is 383 g/mol. The number of aromatic nitrogens is 1. The number of benzene rings is 1. The quantitative estimate of drug-likeness (QED) is 0.773. The van der Waals surface area contributed by atoms with Crippen LogP contribution in [-0.2, 0) is 25.8 Å². The van der Waals surface area contributed by atoms with E-state index in [4.69, 9.17) is 0 Å².